The monoisotopic (exact) mass is 431 g/mol. The summed E-state index contributed by atoms with van der Waals surface area (Å²) in [6.45, 7) is 3.32. The lowest BCUT2D eigenvalue weighted by molar-refractivity contribution is -0.131. The molecule has 4 amide bonds. The van der Waals surface area contributed by atoms with Crippen molar-refractivity contribution in [1.82, 2.24) is 14.7 Å². The van der Waals surface area contributed by atoms with Gasteiger partial charge in [0, 0.05) is 37.8 Å². The van der Waals surface area contributed by atoms with Crippen LogP contribution in [-0.2, 0) is 4.79 Å². The fraction of sp³-hybridized carbons (Fsp3) is 0.545. The Hall–Kier alpha value is -2.41. The Morgan fingerprint density at radius 1 is 0.933 bits per heavy atom. The van der Waals surface area contributed by atoms with Crippen LogP contribution < -0.4 is 0 Å². The number of halogens is 1. The van der Waals surface area contributed by atoms with E-state index in [1.807, 2.05) is 0 Å². The Morgan fingerprint density at radius 2 is 1.53 bits per heavy atom. The van der Waals surface area contributed by atoms with Gasteiger partial charge >= 0.3 is 0 Å². The molecule has 30 heavy (non-hydrogen) atoms. The van der Waals surface area contributed by atoms with E-state index in [1.54, 1.807) is 34.9 Å². The zero-order valence-corrected chi connectivity index (χ0v) is 17.9. The van der Waals surface area contributed by atoms with Crippen LogP contribution in [0, 0.1) is 0 Å². The van der Waals surface area contributed by atoms with Crippen LogP contribution in [0.5, 0.6) is 0 Å². The Kier molecular flexibility index (Phi) is 5.82. The third kappa shape index (κ3) is 3.71. The van der Waals surface area contributed by atoms with Crippen molar-refractivity contribution in [2.45, 2.75) is 50.4 Å². The molecule has 0 bridgehead atoms. The van der Waals surface area contributed by atoms with E-state index in [0.717, 1.165) is 32.1 Å². The van der Waals surface area contributed by atoms with Gasteiger partial charge in [0.2, 0.25) is 5.91 Å². The highest BCUT2D eigenvalue weighted by atomic mass is 35.5. The molecular formula is C22H26ClN3O4. The predicted octanol–water partition coefficient (Wildman–Crippen LogP) is 2.53. The largest absolute Gasteiger partial charge is 0.338 e. The summed E-state index contributed by atoms with van der Waals surface area (Å²) in [6, 6.07) is 4.73. The molecule has 1 saturated carbocycles. The predicted molar refractivity (Wildman–Crippen MR) is 112 cm³/mol. The molecule has 1 aromatic rings. The number of fused-ring (bicyclic) bond motifs is 1. The van der Waals surface area contributed by atoms with Crippen molar-refractivity contribution in [2.75, 3.05) is 26.2 Å². The molecule has 1 atom stereocenters. The van der Waals surface area contributed by atoms with Gasteiger partial charge in [-0.05, 0) is 38.0 Å². The van der Waals surface area contributed by atoms with E-state index in [1.165, 1.54) is 4.90 Å². The second-order valence-electron chi connectivity index (χ2n) is 8.27. The highest BCUT2D eigenvalue weighted by Gasteiger charge is 2.40. The number of carbonyl (C=O) groups is 4. The lowest BCUT2D eigenvalue weighted by Crippen LogP contribution is -2.52. The van der Waals surface area contributed by atoms with Crippen LogP contribution in [0.4, 0.5) is 0 Å². The van der Waals surface area contributed by atoms with E-state index in [-0.39, 0.29) is 29.7 Å². The average Bonchev–Trinajstić information content (AvgIpc) is 3.03. The number of nitrogens with zero attached hydrogens (tertiary/aromatic N) is 3. The number of piperazine rings is 1. The average molecular weight is 432 g/mol. The summed E-state index contributed by atoms with van der Waals surface area (Å²) in [4.78, 5) is 55.5. The van der Waals surface area contributed by atoms with Crippen molar-refractivity contribution in [1.29, 1.82) is 0 Å². The van der Waals surface area contributed by atoms with Crippen LogP contribution in [-0.4, -0.2) is 75.9 Å². The molecule has 7 nitrogen and oxygen atoms in total. The number of carbonyl (C=O) groups excluding carboxylic acids is 4. The molecule has 1 saturated heterocycles. The number of imide groups is 1. The van der Waals surface area contributed by atoms with Crippen molar-refractivity contribution in [3.05, 3.63) is 34.9 Å². The molecule has 0 spiro atoms. The highest BCUT2D eigenvalue weighted by Crippen LogP contribution is 2.31. The summed E-state index contributed by atoms with van der Waals surface area (Å²) in [5, 5.41) is -0.584. The molecule has 0 radical (unpaired) electrons. The summed E-state index contributed by atoms with van der Waals surface area (Å²) in [6.07, 6.45) is 4.89. The Labute approximate surface area is 180 Å². The van der Waals surface area contributed by atoms with E-state index in [2.05, 4.69) is 0 Å². The van der Waals surface area contributed by atoms with Gasteiger partial charge < -0.3 is 9.80 Å². The first-order valence-electron chi connectivity index (χ1n) is 10.6. The standard InChI is InChI=1S/C22H26ClN3O4/c1-14(23)19(27)24-9-11-25(12-10-24)20(28)15-7-8-17-18(13-15)22(30)26(21(17)29)16-5-3-2-4-6-16/h7-8,13-14,16H,2-6,9-12H2,1H3. The number of amides is 4. The van der Waals surface area contributed by atoms with E-state index in [0.29, 0.717) is 42.9 Å². The Balaban J connectivity index is 1.47. The number of hydrogen-bond donors (Lipinski definition) is 0. The molecule has 1 aromatic carbocycles. The molecule has 4 rings (SSSR count). The SMILES string of the molecule is CC(Cl)C(=O)N1CCN(C(=O)c2ccc3c(c2)C(=O)N(C2CCCCC2)C3=O)CC1. The van der Waals surface area contributed by atoms with Crippen molar-refractivity contribution in [3.63, 3.8) is 0 Å². The van der Waals surface area contributed by atoms with Crippen LogP contribution in [0.15, 0.2) is 18.2 Å². The summed E-state index contributed by atoms with van der Waals surface area (Å²) >= 11 is 5.87. The molecular weight excluding hydrogens is 406 g/mol. The Morgan fingerprint density at radius 3 is 2.17 bits per heavy atom. The molecule has 1 aliphatic carbocycles. The minimum Gasteiger partial charge on any atom is -0.338 e. The van der Waals surface area contributed by atoms with Gasteiger partial charge in [-0.3, -0.25) is 24.1 Å². The quantitative estimate of drug-likeness (QED) is 0.544. The summed E-state index contributed by atoms with van der Waals surface area (Å²) in [7, 11) is 0. The van der Waals surface area contributed by atoms with Crippen LogP contribution in [0.25, 0.3) is 0 Å². The topological polar surface area (TPSA) is 78.0 Å². The molecule has 0 aromatic heterocycles. The maximum absolute atomic E-state index is 13.0. The third-order valence-corrected chi connectivity index (χ3v) is 6.51. The number of alkyl halides is 1. The maximum atomic E-state index is 13.0. The van der Waals surface area contributed by atoms with Crippen LogP contribution in [0.2, 0.25) is 0 Å². The van der Waals surface area contributed by atoms with Gasteiger partial charge in [-0.25, -0.2) is 0 Å². The molecule has 0 N–H and O–H groups in total. The second kappa shape index (κ2) is 8.38. The number of benzene rings is 1. The molecule has 2 heterocycles. The van der Waals surface area contributed by atoms with Crippen molar-refractivity contribution in [3.8, 4) is 0 Å². The fourth-order valence-electron chi connectivity index (χ4n) is 4.63. The number of rotatable bonds is 3. The normalized spacial score (nSPS) is 21.1. The number of hydrogen-bond acceptors (Lipinski definition) is 4. The molecule has 1 unspecified atom stereocenters. The zero-order chi connectivity index (χ0) is 21.4. The first kappa shape index (κ1) is 20.8. The summed E-state index contributed by atoms with van der Waals surface area (Å²) in [5.74, 6) is -0.861. The third-order valence-electron chi connectivity index (χ3n) is 6.32. The van der Waals surface area contributed by atoms with Crippen LogP contribution in [0.3, 0.4) is 0 Å². The first-order valence-corrected chi connectivity index (χ1v) is 11.1. The maximum Gasteiger partial charge on any atom is 0.261 e. The van der Waals surface area contributed by atoms with E-state index in [4.69, 9.17) is 11.6 Å². The molecule has 3 aliphatic rings. The van der Waals surface area contributed by atoms with Crippen LogP contribution >= 0.6 is 11.6 Å². The Bertz CT molecular complexity index is 886. The molecule has 2 aliphatic heterocycles. The minimum absolute atomic E-state index is 0.0414. The van der Waals surface area contributed by atoms with Crippen molar-refractivity contribution in [2.24, 2.45) is 0 Å². The first-order chi connectivity index (χ1) is 14.4. The molecule has 160 valence electrons. The van der Waals surface area contributed by atoms with E-state index >= 15 is 0 Å². The van der Waals surface area contributed by atoms with Gasteiger partial charge in [-0.15, -0.1) is 11.6 Å². The van der Waals surface area contributed by atoms with Gasteiger partial charge in [0.25, 0.3) is 17.7 Å². The van der Waals surface area contributed by atoms with Crippen LogP contribution in [0.1, 0.15) is 70.1 Å². The highest BCUT2D eigenvalue weighted by molar-refractivity contribution is 6.30. The zero-order valence-electron chi connectivity index (χ0n) is 17.1. The van der Waals surface area contributed by atoms with Gasteiger partial charge in [0.1, 0.15) is 5.38 Å². The van der Waals surface area contributed by atoms with Gasteiger partial charge in [-0.2, -0.15) is 0 Å². The molecule has 2 fully saturated rings. The fourth-order valence-corrected chi connectivity index (χ4v) is 4.77. The van der Waals surface area contributed by atoms with Gasteiger partial charge in [0.15, 0.2) is 0 Å². The minimum atomic E-state index is -0.584. The van der Waals surface area contributed by atoms with Crippen molar-refractivity contribution < 1.29 is 19.2 Å². The smallest absolute Gasteiger partial charge is 0.261 e. The summed E-state index contributed by atoms with van der Waals surface area (Å²) < 4.78 is 0. The summed E-state index contributed by atoms with van der Waals surface area (Å²) in [5.41, 5.74) is 1.10. The lowest BCUT2D eigenvalue weighted by atomic mass is 9.94. The van der Waals surface area contributed by atoms with Crippen molar-refractivity contribution >= 4 is 35.2 Å². The van der Waals surface area contributed by atoms with E-state index < -0.39 is 5.38 Å². The van der Waals surface area contributed by atoms with E-state index in [9.17, 15) is 19.2 Å². The van der Waals surface area contributed by atoms with Gasteiger partial charge in [-0.1, -0.05) is 19.3 Å². The lowest BCUT2D eigenvalue weighted by Gasteiger charge is -2.35. The second-order valence-corrected chi connectivity index (χ2v) is 8.92. The molecule has 8 heteroatoms. The van der Waals surface area contributed by atoms with Gasteiger partial charge in [0.05, 0.1) is 11.1 Å².